The van der Waals surface area contributed by atoms with Crippen LogP contribution in [0.4, 0.5) is 0 Å². The predicted octanol–water partition coefficient (Wildman–Crippen LogP) is 3.70. The number of hydroxylamine groups is 2. The molecule has 0 atom stereocenters. The highest BCUT2D eigenvalue weighted by Gasteiger charge is 2.46. The number of carbonyl (C=O) groups is 1. The summed E-state index contributed by atoms with van der Waals surface area (Å²) >= 11 is 0.924. The number of hydrogen-bond acceptors (Lipinski definition) is 8. The van der Waals surface area contributed by atoms with Crippen molar-refractivity contribution in [2.45, 2.75) is 84.1 Å². The van der Waals surface area contributed by atoms with Gasteiger partial charge < -0.3 is 14.7 Å². The Morgan fingerprint density at radius 3 is 2.20 bits per heavy atom. The second-order valence-corrected chi connectivity index (χ2v) is 9.03. The molecule has 0 radical (unpaired) electrons. The van der Waals surface area contributed by atoms with Crippen LogP contribution in [0.1, 0.15) is 71.8 Å². The van der Waals surface area contributed by atoms with Crippen molar-refractivity contribution >= 4 is 30.1 Å². The minimum absolute atomic E-state index is 0. The molecule has 1 aliphatic rings. The quantitative estimate of drug-likeness (QED) is 0.783. The smallest absolute Gasteiger partial charge is 0.364 e. The maximum absolute atomic E-state index is 12.2. The Labute approximate surface area is 159 Å². The van der Waals surface area contributed by atoms with E-state index >= 15 is 0 Å². The van der Waals surface area contributed by atoms with Gasteiger partial charge in [-0.2, -0.15) is 9.44 Å². The molecule has 1 saturated heterocycles. The molecule has 0 amide bonds. The number of nitrogens with zero attached hydrogens (tertiary/aromatic N) is 3. The maximum Gasteiger partial charge on any atom is 0.364 e. The normalized spacial score (nSPS) is 20.6. The number of esters is 1. The fraction of sp³-hybridized carbons (Fsp3) is 0.812. The van der Waals surface area contributed by atoms with Crippen LogP contribution in [-0.4, -0.2) is 47.8 Å². The van der Waals surface area contributed by atoms with Crippen molar-refractivity contribution in [1.29, 1.82) is 0 Å². The minimum atomic E-state index is -0.607. The van der Waals surface area contributed by atoms with Crippen LogP contribution in [0.2, 0.25) is 0 Å². The van der Waals surface area contributed by atoms with Gasteiger partial charge in [-0.25, -0.2) is 4.79 Å². The van der Waals surface area contributed by atoms with E-state index in [1.54, 1.807) is 20.8 Å². The van der Waals surface area contributed by atoms with Crippen molar-refractivity contribution in [3.63, 3.8) is 0 Å². The highest BCUT2D eigenvalue weighted by Crippen LogP contribution is 2.38. The van der Waals surface area contributed by atoms with Crippen LogP contribution >= 0.6 is 24.1 Å². The van der Waals surface area contributed by atoms with E-state index in [0.717, 1.165) is 11.7 Å². The minimum Gasteiger partial charge on any atom is -0.472 e. The Hall–Kier alpha value is -0.960. The molecule has 0 unspecified atom stereocenters. The number of halogens is 1. The van der Waals surface area contributed by atoms with Gasteiger partial charge in [-0.05, 0) is 48.5 Å². The van der Waals surface area contributed by atoms with Gasteiger partial charge in [-0.1, -0.05) is 0 Å². The molecular weight excluding hydrogens is 366 g/mol. The fourth-order valence-electron chi connectivity index (χ4n) is 3.13. The first-order valence-electron chi connectivity index (χ1n) is 8.04. The second-order valence-electron chi connectivity index (χ2n) is 8.50. The van der Waals surface area contributed by atoms with Crippen molar-refractivity contribution < 1.29 is 19.5 Å². The van der Waals surface area contributed by atoms with E-state index in [9.17, 15) is 10.0 Å². The van der Waals surface area contributed by atoms with Gasteiger partial charge in [0.2, 0.25) is 5.69 Å². The lowest BCUT2D eigenvalue weighted by atomic mass is 9.80. The average Bonchev–Trinajstić information content (AvgIpc) is 2.81. The van der Waals surface area contributed by atoms with Crippen LogP contribution in [0.25, 0.3) is 0 Å². The van der Waals surface area contributed by atoms with Gasteiger partial charge >= 0.3 is 5.97 Å². The van der Waals surface area contributed by atoms with E-state index < -0.39 is 22.6 Å². The summed E-state index contributed by atoms with van der Waals surface area (Å²) in [6.45, 7) is 13.2. The highest BCUT2D eigenvalue weighted by molar-refractivity contribution is 6.99. The molecule has 0 aliphatic carbocycles. The summed E-state index contributed by atoms with van der Waals surface area (Å²) < 4.78 is 19.5. The van der Waals surface area contributed by atoms with Gasteiger partial charge in [-0.15, -0.1) is 16.8 Å². The Kier molecular flexibility index (Phi) is 6.49. The first-order valence-corrected chi connectivity index (χ1v) is 8.77. The summed E-state index contributed by atoms with van der Waals surface area (Å²) in [5.41, 5.74) is -1.38. The third kappa shape index (κ3) is 5.26. The number of piperidine rings is 1. The zero-order valence-electron chi connectivity index (χ0n) is 15.8. The van der Waals surface area contributed by atoms with Crippen molar-refractivity contribution in [3.8, 4) is 5.88 Å². The number of ether oxygens (including phenoxy) is 2. The molecule has 0 bridgehead atoms. The molecule has 0 saturated carbocycles. The summed E-state index contributed by atoms with van der Waals surface area (Å²) in [6.07, 6.45) is 1.04. The lowest BCUT2D eigenvalue weighted by Crippen LogP contribution is -2.61. The average molecular weight is 394 g/mol. The largest absolute Gasteiger partial charge is 0.472 e. The summed E-state index contributed by atoms with van der Waals surface area (Å²) in [4.78, 5) is 12.2. The lowest BCUT2D eigenvalue weighted by molar-refractivity contribution is -0.255. The van der Waals surface area contributed by atoms with E-state index in [4.69, 9.17) is 9.47 Å². The van der Waals surface area contributed by atoms with E-state index in [1.165, 1.54) is 5.06 Å². The Morgan fingerprint density at radius 2 is 1.72 bits per heavy atom. The molecule has 1 aliphatic heterocycles. The molecule has 2 rings (SSSR count). The third-order valence-corrected chi connectivity index (χ3v) is 4.44. The van der Waals surface area contributed by atoms with Gasteiger partial charge in [-0.3, -0.25) is 0 Å². The number of rotatable bonds is 3. The van der Waals surface area contributed by atoms with Crippen LogP contribution in [-0.2, 0) is 4.74 Å². The zero-order chi connectivity index (χ0) is 18.3. The van der Waals surface area contributed by atoms with E-state index in [0.29, 0.717) is 12.8 Å². The first kappa shape index (κ1) is 22.1. The third-order valence-electron chi connectivity index (χ3n) is 3.93. The maximum atomic E-state index is 12.2. The molecule has 1 aromatic rings. The lowest BCUT2D eigenvalue weighted by Gasteiger charge is -2.50. The Bertz CT molecular complexity index is 595. The second kappa shape index (κ2) is 7.34. The summed E-state index contributed by atoms with van der Waals surface area (Å²) in [5, 5.41) is 11.7. The highest BCUT2D eigenvalue weighted by atomic mass is 35.5. The van der Waals surface area contributed by atoms with Crippen LogP contribution in [0.15, 0.2) is 0 Å². The van der Waals surface area contributed by atoms with E-state index in [2.05, 4.69) is 8.75 Å². The van der Waals surface area contributed by atoms with Gasteiger partial charge in [0, 0.05) is 23.9 Å². The van der Waals surface area contributed by atoms with Gasteiger partial charge in [0.25, 0.3) is 5.88 Å². The standard InChI is InChI=1S/C16H27N3O4S.ClH/c1-14(2,3)23-13(20)11-12(18-24-17-11)22-10-8-15(4,5)19(21)16(6,7)9-10;/h10,21H,8-9H2,1-7H3;1H. The van der Waals surface area contributed by atoms with Crippen molar-refractivity contribution in [1.82, 2.24) is 13.8 Å². The molecule has 1 fully saturated rings. The molecule has 1 N–H and O–H groups in total. The summed E-state index contributed by atoms with van der Waals surface area (Å²) in [5.74, 6) is -0.332. The predicted molar refractivity (Wildman–Crippen MR) is 97.8 cm³/mol. The molecule has 2 heterocycles. The van der Waals surface area contributed by atoms with Gasteiger partial charge in [0.1, 0.15) is 11.7 Å². The SMILES string of the molecule is CC(C)(C)OC(=O)c1nsnc1OC1CC(C)(C)N(O)C(C)(C)C1.Cl. The van der Waals surface area contributed by atoms with Crippen molar-refractivity contribution in [3.05, 3.63) is 5.69 Å². The molecule has 144 valence electrons. The Balaban J connectivity index is 0.00000312. The van der Waals surface area contributed by atoms with Crippen molar-refractivity contribution in [2.75, 3.05) is 0 Å². The molecule has 1 aromatic heterocycles. The molecule has 0 spiro atoms. The molecule has 0 aromatic carbocycles. The van der Waals surface area contributed by atoms with E-state index in [1.807, 2.05) is 27.7 Å². The molecule has 25 heavy (non-hydrogen) atoms. The molecular formula is C16H28ClN3O4S. The van der Waals surface area contributed by atoms with E-state index in [-0.39, 0.29) is 30.1 Å². The first-order chi connectivity index (χ1) is 10.8. The van der Waals surface area contributed by atoms with Gasteiger partial charge in [0.15, 0.2) is 0 Å². The number of carbonyl (C=O) groups excluding carboxylic acids is 1. The van der Waals surface area contributed by atoms with Gasteiger partial charge in [0.05, 0.1) is 11.7 Å². The van der Waals surface area contributed by atoms with Crippen LogP contribution in [0.3, 0.4) is 0 Å². The zero-order valence-corrected chi connectivity index (χ0v) is 17.5. The Morgan fingerprint density at radius 1 is 1.20 bits per heavy atom. The van der Waals surface area contributed by atoms with Crippen LogP contribution < -0.4 is 4.74 Å². The summed E-state index contributed by atoms with van der Waals surface area (Å²) in [7, 11) is 0. The number of aromatic nitrogens is 2. The van der Waals surface area contributed by atoms with Crippen molar-refractivity contribution in [2.24, 2.45) is 0 Å². The van der Waals surface area contributed by atoms with Crippen LogP contribution in [0, 0.1) is 0 Å². The summed E-state index contributed by atoms with van der Waals surface area (Å²) in [6, 6.07) is 0. The molecule has 7 nitrogen and oxygen atoms in total. The fourth-order valence-corrected chi connectivity index (χ4v) is 3.61. The molecule has 9 heteroatoms. The topological polar surface area (TPSA) is 84.8 Å². The monoisotopic (exact) mass is 393 g/mol. The number of hydrogen-bond donors (Lipinski definition) is 1. The van der Waals surface area contributed by atoms with Crippen LogP contribution in [0.5, 0.6) is 5.88 Å².